The van der Waals surface area contributed by atoms with Gasteiger partial charge < -0.3 is 33.5 Å². The normalized spacial score (nSPS) is 26.9. The number of carbonyl (C=O) groups excluding carboxylic acids is 1. The number of aliphatic hydroxyl groups is 1. The number of benzene rings is 2. The van der Waals surface area contributed by atoms with Crippen LogP contribution in [0.1, 0.15) is 75.3 Å². The number of rotatable bonds is 18. The van der Waals surface area contributed by atoms with Gasteiger partial charge in [0.1, 0.15) is 5.75 Å². The van der Waals surface area contributed by atoms with Gasteiger partial charge in [-0.3, -0.25) is 4.79 Å². The Bertz CT molecular complexity index is 1230. The summed E-state index contributed by atoms with van der Waals surface area (Å²) in [5.41, 5.74) is 2.32. The summed E-state index contributed by atoms with van der Waals surface area (Å²) < 4.78 is 35.9. The van der Waals surface area contributed by atoms with Gasteiger partial charge in [0.25, 0.3) is 0 Å². The lowest BCUT2D eigenvalue weighted by Gasteiger charge is -2.30. The number of para-hydroxylation sites is 1. The third kappa shape index (κ3) is 12.3. The Labute approximate surface area is 290 Å². The zero-order valence-electron chi connectivity index (χ0n) is 28.4. The van der Waals surface area contributed by atoms with E-state index in [2.05, 4.69) is 36.4 Å². The molecule has 264 valence electrons. The largest absolute Gasteiger partial charge is 0.427 e. The van der Waals surface area contributed by atoms with E-state index < -0.39 is 6.10 Å². The van der Waals surface area contributed by atoms with Gasteiger partial charge in [0, 0.05) is 45.5 Å². The van der Waals surface area contributed by atoms with E-state index in [0.717, 1.165) is 81.6 Å². The van der Waals surface area contributed by atoms with Crippen molar-refractivity contribution in [2.45, 2.75) is 108 Å². The number of esters is 1. The van der Waals surface area contributed by atoms with Gasteiger partial charge in [-0.15, -0.1) is 0 Å². The van der Waals surface area contributed by atoms with Crippen LogP contribution in [-0.4, -0.2) is 73.8 Å². The first-order valence-corrected chi connectivity index (χ1v) is 19.0. The number of carbonyl (C=O) groups is 1. The molecule has 0 aromatic heterocycles. The van der Waals surface area contributed by atoms with Crippen LogP contribution in [0.5, 0.6) is 5.75 Å². The second-order valence-corrected chi connectivity index (χ2v) is 14.3. The molecule has 8 nitrogen and oxygen atoms in total. The monoisotopic (exact) mass is 682 g/mol. The molecule has 2 aromatic carbocycles. The highest BCUT2D eigenvalue weighted by molar-refractivity contribution is 7.99. The molecule has 0 bridgehead atoms. The molecule has 3 fully saturated rings. The molecule has 1 aliphatic carbocycles. The van der Waals surface area contributed by atoms with Gasteiger partial charge in [0.05, 0.1) is 24.9 Å². The van der Waals surface area contributed by atoms with E-state index in [1.54, 1.807) is 19.2 Å². The first kappa shape index (κ1) is 37.0. The van der Waals surface area contributed by atoms with Crippen molar-refractivity contribution >= 4 is 17.7 Å². The minimum absolute atomic E-state index is 0.0326. The molecule has 9 heteroatoms. The lowest BCUT2D eigenvalue weighted by atomic mass is 9.90. The number of aliphatic hydroxyl groups excluding tert-OH is 1. The Hall–Kier alpha value is -2.24. The molecule has 7 atom stereocenters. The lowest BCUT2D eigenvalue weighted by Crippen LogP contribution is -2.31. The standard InChI is InChI=1S/C39H54O8S/c1-42-28-30-12-9-11-29(25-30)26-32(46-38-16-5-7-21-43-38)18-19-34-33(35(40)27-36(34)47-39-17-6-8-22-44-39)20-24-48-23-10-15-37(41)45-31-13-3-2-4-14-31/h2-4,9,11-14,18-19,25,32-36,38-40H,5-8,10,15-17,20-24,26-28H2,1H3/b19-18+/t32-,33-,34-,35+,36+,38?,39?/m1/s1. The van der Waals surface area contributed by atoms with Crippen molar-refractivity contribution in [3.05, 3.63) is 77.9 Å². The molecule has 0 radical (unpaired) electrons. The second kappa shape index (κ2) is 20.4. The van der Waals surface area contributed by atoms with Crippen molar-refractivity contribution in [3.8, 4) is 5.75 Å². The van der Waals surface area contributed by atoms with Gasteiger partial charge in [-0.05, 0) is 92.0 Å². The van der Waals surface area contributed by atoms with Gasteiger partial charge in [0.15, 0.2) is 12.6 Å². The summed E-state index contributed by atoms with van der Waals surface area (Å²) in [7, 11) is 1.71. The van der Waals surface area contributed by atoms with E-state index >= 15 is 0 Å². The van der Waals surface area contributed by atoms with E-state index in [9.17, 15) is 9.90 Å². The average molecular weight is 683 g/mol. The summed E-state index contributed by atoms with van der Waals surface area (Å²) in [4.78, 5) is 12.2. The van der Waals surface area contributed by atoms with Crippen molar-refractivity contribution in [3.63, 3.8) is 0 Å². The molecule has 2 aromatic rings. The summed E-state index contributed by atoms with van der Waals surface area (Å²) in [6.07, 6.45) is 12.6. The van der Waals surface area contributed by atoms with Crippen molar-refractivity contribution in [1.82, 2.24) is 0 Å². The van der Waals surface area contributed by atoms with E-state index in [1.807, 2.05) is 30.0 Å². The second-order valence-electron chi connectivity index (χ2n) is 13.1. The Morgan fingerprint density at radius 2 is 1.75 bits per heavy atom. The zero-order chi connectivity index (χ0) is 33.4. The highest BCUT2D eigenvalue weighted by atomic mass is 32.2. The fourth-order valence-electron chi connectivity index (χ4n) is 6.90. The molecule has 48 heavy (non-hydrogen) atoms. The van der Waals surface area contributed by atoms with Gasteiger partial charge in [0.2, 0.25) is 0 Å². The van der Waals surface area contributed by atoms with Crippen molar-refractivity contribution in [1.29, 1.82) is 0 Å². The molecule has 1 saturated carbocycles. The molecule has 2 unspecified atom stereocenters. The highest BCUT2D eigenvalue weighted by Gasteiger charge is 2.43. The topological polar surface area (TPSA) is 92.7 Å². The molecule has 3 aliphatic rings. The Morgan fingerprint density at radius 3 is 2.50 bits per heavy atom. The predicted molar refractivity (Wildman–Crippen MR) is 188 cm³/mol. The molecule has 1 N–H and O–H groups in total. The van der Waals surface area contributed by atoms with Crippen LogP contribution in [0.4, 0.5) is 0 Å². The number of methoxy groups -OCH3 is 1. The maximum atomic E-state index is 12.2. The SMILES string of the molecule is COCc1cccc(C[C@@H](/C=C/[C@@H]2[C@@H](CCSCCCC(=O)Oc3ccccc3)[C@@H](O)C[C@@H]2OC2CCCCO2)OC2CCCCO2)c1. The van der Waals surface area contributed by atoms with Gasteiger partial charge in [-0.1, -0.05) is 54.6 Å². The quantitative estimate of drug-likeness (QED) is 0.0755. The molecule has 0 amide bonds. The number of thioether (sulfide) groups is 1. The van der Waals surface area contributed by atoms with Gasteiger partial charge in [-0.2, -0.15) is 11.8 Å². The van der Waals surface area contributed by atoms with E-state index in [4.69, 9.17) is 28.4 Å². The summed E-state index contributed by atoms with van der Waals surface area (Å²) >= 11 is 1.82. The maximum absolute atomic E-state index is 12.2. The van der Waals surface area contributed by atoms with Crippen LogP contribution in [0.25, 0.3) is 0 Å². The van der Waals surface area contributed by atoms with Crippen LogP contribution in [-0.2, 0) is 41.5 Å². The number of hydrogen-bond donors (Lipinski definition) is 1. The molecule has 2 aliphatic heterocycles. The molecular weight excluding hydrogens is 628 g/mol. The fraction of sp³-hybridized carbons (Fsp3) is 0.615. The first-order chi connectivity index (χ1) is 23.6. The smallest absolute Gasteiger partial charge is 0.311 e. The van der Waals surface area contributed by atoms with Gasteiger partial charge in [-0.25, -0.2) is 0 Å². The first-order valence-electron chi connectivity index (χ1n) is 17.9. The highest BCUT2D eigenvalue weighted by Crippen LogP contribution is 2.40. The number of hydrogen-bond acceptors (Lipinski definition) is 9. The van der Waals surface area contributed by atoms with Crippen LogP contribution >= 0.6 is 11.8 Å². The van der Waals surface area contributed by atoms with Crippen LogP contribution in [0, 0.1) is 11.8 Å². The molecule has 0 spiro atoms. The summed E-state index contributed by atoms with van der Waals surface area (Å²) in [5, 5.41) is 11.3. The van der Waals surface area contributed by atoms with E-state index in [0.29, 0.717) is 31.6 Å². The lowest BCUT2D eigenvalue weighted by molar-refractivity contribution is -0.193. The summed E-state index contributed by atoms with van der Waals surface area (Å²) in [6, 6.07) is 17.7. The Balaban J connectivity index is 1.21. The molecular formula is C39H54O8S. The molecule has 2 heterocycles. The maximum Gasteiger partial charge on any atom is 0.311 e. The average Bonchev–Trinajstić information content (AvgIpc) is 3.39. The Morgan fingerprint density at radius 1 is 0.979 bits per heavy atom. The minimum Gasteiger partial charge on any atom is -0.427 e. The number of ether oxygens (including phenoxy) is 6. The minimum atomic E-state index is -0.457. The van der Waals surface area contributed by atoms with Crippen molar-refractivity contribution in [2.24, 2.45) is 11.8 Å². The summed E-state index contributed by atoms with van der Waals surface area (Å²) in [6.45, 7) is 2.02. The van der Waals surface area contributed by atoms with Crippen molar-refractivity contribution < 1.29 is 38.3 Å². The fourth-order valence-corrected chi connectivity index (χ4v) is 7.89. The molecule has 2 saturated heterocycles. The zero-order valence-corrected chi connectivity index (χ0v) is 29.2. The molecule has 5 rings (SSSR count). The van der Waals surface area contributed by atoms with Crippen LogP contribution in [0.3, 0.4) is 0 Å². The van der Waals surface area contributed by atoms with Crippen LogP contribution in [0.15, 0.2) is 66.7 Å². The van der Waals surface area contributed by atoms with E-state index in [1.165, 1.54) is 5.56 Å². The van der Waals surface area contributed by atoms with Crippen molar-refractivity contribution in [2.75, 3.05) is 31.8 Å². The van der Waals surface area contributed by atoms with Gasteiger partial charge >= 0.3 is 5.97 Å². The third-order valence-electron chi connectivity index (χ3n) is 9.35. The predicted octanol–water partition coefficient (Wildman–Crippen LogP) is 7.26. The summed E-state index contributed by atoms with van der Waals surface area (Å²) in [5.74, 6) is 2.23. The Kier molecular flexibility index (Phi) is 15.8. The third-order valence-corrected chi connectivity index (χ3v) is 10.4. The van der Waals surface area contributed by atoms with Crippen LogP contribution in [0.2, 0.25) is 0 Å². The van der Waals surface area contributed by atoms with Crippen LogP contribution < -0.4 is 4.74 Å². The van der Waals surface area contributed by atoms with E-state index in [-0.39, 0.29) is 42.6 Å².